The van der Waals surface area contributed by atoms with Gasteiger partial charge in [-0.25, -0.2) is 14.8 Å². The summed E-state index contributed by atoms with van der Waals surface area (Å²) in [7, 11) is 0. The Morgan fingerprint density at radius 1 is 1.15 bits per heavy atom. The van der Waals surface area contributed by atoms with Crippen LogP contribution in [0.5, 0.6) is 0 Å². The van der Waals surface area contributed by atoms with Crippen LogP contribution in [0.4, 0.5) is 4.79 Å². The molecule has 0 aromatic carbocycles. The van der Waals surface area contributed by atoms with Crippen molar-refractivity contribution in [2.75, 3.05) is 39.4 Å². The summed E-state index contributed by atoms with van der Waals surface area (Å²) in [6, 6.07) is 1.90. The number of piperidine rings is 1. The van der Waals surface area contributed by atoms with Gasteiger partial charge >= 0.3 is 6.09 Å². The molecular weight excluding hydrogens is 526 g/mol. The molecule has 4 saturated heterocycles. The molecule has 0 N–H and O–H groups in total. The maximum atomic E-state index is 12.7. The summed E-state index contributed by atoms with van der Waals surface area (Å²) in [6.45, 7) is 13.5. The summed E-state index contributed by atoms with van der Waals surface area (Å²) < 4.78 is 33.1. The van der Waals surface area contributed by atoms with Crippen LogP contribution in [0.1, 0.15) is 53.7 Å². The third-order valence-corrected chi connectivity index (χ3v) is 8.45. The predicted molar refractivity (Wildman–Crippen MR) is 142 cm³/mol. The number of ether oxygens (including phenoxy) is 5. The van der Waals surface area contributed by atoms with E-state index in [-0.39, 0.29) is 29.9 Å². The van der Waals surface area contributed by atoms with E-state index >= 15 is 0 Å². The second kappa shape index (κ2) is 9.81. The van der Waals surface area contributed by atoms with E-state index < -0.39 is 17.6 Å². The van der Waals surface area contributed by atoms with Crippen molar-refractivity contribution in [3.63, 3.8) is 0 Å². The summed E-state index contributed by atoms with van der Waals surface area (Å²) >= 11 is 6.32. The number of hydrogen-bond donors (Lipinski definition) is 0. The number of likely N-dealkylation sites (tertiary alicyclic amines) is 1. The van der Waals surface area contributed by atoms with Gasteiger partial charge in [0.2, 0.25) is 0 Å². The number of rotatable bonds is 3. The van der Waals surface area contributed by atoms with Crippen molar-refractivity contribution in [1.82, 2.24) is 24.3 Å². The van der Waals surface area contributed by atoms with Crippen LogP contribution in [-0.4, -0.2) is 105 Å². The van der Waals surface area contributed by atoms with Gasteiger partial charge in [0.1, 0.15) is 41.0 Å². The van der Waals surface area contributed by atoms with Crippen LogP contribution in [-0.2, 0) is 23.7 Å². The summed E-state index contributed by atoms with van der Waals surface area (Å²) in [5.41, 5.74) is 0.00689. The van der Waals surface area contributed by atoms with Gasteiger partial charge in [-0.05, 0) is 53.5 Å². The van der Waals surface area contributed by atoms with Gasteiger partial charge in [-0.3, -0.25) is 4.90 Å². The minimum atomic E-state index is -0.730. The molecule has 2 aromatic rings. The number of fused-ring (bicyclic) bond motifs is 2. The van der Waals surface area contributed by atoms with Crippen LogP contribution < -0.4 is 0 Å². The highest BCUT2D eigenvalue weighted by atomic mass is 35.5. The average Bonchev–Trinajstić information content (AvgIpc) is 3.52. The first-order valence-corrected chi connectivity index (χ1v) is 14.1. The van der Waals surface area contributed by atoms with Gasteiger partial charge in [0.25, 0.3) is 0 Å². The van der Waals surface area contributed by atoms with Crippen LogP contribution in [0, 0.1) is 0 Å². The topological polar surface area (TPSA) is 100 Å². The number of carbonyl (C=O) groups excluding carboxylic acids is 1. The molecule has 12 heteroatoms. The van der Waals surface area contributed by atoms with Gasteiger partial charge in [-0.1, -0.05) is 11.6 Å². The molecule has 4 atom stereocenters. The van der Waals surface area contributed by atoms with Gasteiger partial charge < -0.3 is 33.2 Å². The molecule has 0 bridgehead atoms. The molecule has 0 radical (unpaired) electrons. The van der Waals surface area contributed by atoms with Crippen LogP contribution in [0.15, 0.2) is 18.6 Å². The van der Waals surface area contributed by atoms with Crippen molar-refractivity contribution in [2.45, 2.75) is 88.9 Å². The van der Waals surface area contributed by atoms with E-state index in [1.807, 2.05) is 56.3 Å². The van der Waals surface area contributed by atoms with Gasteiger partial charge in [-0.2, -0.15) is 0 Å². The highest BCUT2D eigenvalue weighted by molar-refractivity contribution is 6.33. The lowest BCUT2D eigenvalue weighted by atomic mass is 9.85. The molecule has 0 aliphatic carbocycles. The lowest BCUT2D eigenvalue weighted by molar-refractivity contribution is -0.202. The molecule has 0 saturated carbocycles. The zero-order valence-electron chi connectivity index (χ0n) is 23.3. The van der Waals surface area contributed by atoms with Crippen molar-refractivity contribution in [1.29, 1.82) is 0 Å². The van der Waals surface area contributed by atoms with E-state index in [0.29, 0.717) is 43.6 Å². The van der Waals surface area contributed by atoms with Gasteiger partial charge in [0.05, 0.1) is 18.6 Å². The molecule has 0 unspecified atom stereocenters. The first-order chi connectivity index (χ1) is 18.4. The molecule has 214 valence electrons. The van der Waals surface area contributed by atoms with E-state index in [0.717, 1.165) is 24.8 Å². The molecule has 11 nitrogen and oxygen atoms in total. The lowest BCUT2D eigenvalue weighted by Gasteiger charge is -2.51. The fraction of sp³-hybridized carbons (Fsp3) is 0.741. The predicted octanol–water partition coefficient (Wildman–Crippen LogP) is 3.60. The monoisotopic (exact) mass is 563 g/mol. The van der Waals surface area contributed by atoms with E-state index in [1.54, 1.807) is 0 Å². The van der Waals surface area contributed by atoms with E-state index in [9.17, 15) is 4.79 Å². The van der Waals surface area contributed by atoms with Crippen LogP contribution in [0.3, 0.4) is 0 Å². The largest absolute Gasteiger partial charge is 0.444 e. The number of aromatic nitrogens is 3. The number of nitrogens with zero attached hydrogens (tertiary/aromatic N) is 5. The molecule has 1 spiro atoms. The summed E-state index contributed by atoms with van der Waals surface area (Å²) in [4.78, 5) is 25.5. The fourth-order valence-electron chi connectivity index (χ4n) is 6.34. The third-order valence-electron chi connectivity index (χ3n) is 8.15. The van der Waals surface area contributed by atoms with Gasteiger partial charge in [-0.15, -0.1) is 0 Å². The Morgan fingerprint density at radius 2 is 1.90 bits per heavy atom. The maximum Gasteiger partial charge on any atom is 0.410 e. The Kier molecular flexibility index (Phi) is 6.84. The molecule has 1 amide bonds. The standard InChI is InChI=1S/C27H38ClN5O6/c1-25(2,3)39-24(34)31-10-7-27(8-11-31)15-35-13-12-32(27)14-18-19-20(38-26(4,5)37-19)23(36-18)33-9-6-17-21(28)29-16-30-22(17)33/h6,9,16,18-20,23H,7-8,10-15H2,1-5H3/t18-,19-,20-,23-/m1/s1. The van der Waals surface area contributed by atoms with Crippen molar-refractivity contribution in [3.8, 4) is 0 Å². The minimum Gasteiger partial charge on any atom is -0.444 e. The van der Waals surface area contributed by atoms with Crippen LogP contribution in [0.25, 0.3) is 11.0 Å². The van der Waals surface area contributed by atoms with Crippen LogP contribution >= 0.6 is 11.6 Å². The lowest BCUT2D eigenvalue weighted by Crippen LogP contribution is -2.63. The molecule has 2 aromatic heterocycles. The zero-order chi connectivity index (χ0) is 27.6. The SMILES string of the molecule is CC(C)(C)OC(=O)N1CCC2(CC1)COCCN2C[C@H]1O[C@@H](n2ccc3c(Cl)ncnc32)[C@@H]2OC(C)(C)O[C@@H]21. The molecular formula is C27H38ClN5O6. The highest BCUT2D eigenvalue weighted by Gasteiger charge is 2.57. The second-order valence-electron chi connectivity index (χ2n) is 12.4. The molecule has 6 rings (SSSR count). The Bertz CT molecular complexity index is 1220. The molecule has 4 aliphatic rings. The van der Waals surface area contributed by atoms with E-state index in [2.05, 4.69) is 14.9 Å². The highest BCUT2D eigenvalue weighted by Crippen LogP contribution is 2.45. The minimum absolute atomic E-state index is 0.177. The first-order valence-electron chi connectivity index (χ1n) is 13.7. The Morgan fingerprint density at radius 3 is 2.64 bits per heavy atom. The Balaban J connectivity index is 1.21. The summed E-state index contributed by atoms with van der Waals surface area (Å²) in [5.74, 6) is -0.730. The quantitative estimate of drug-likeness (QED) is 0.518. The Hall–Kier alpha value is -2.02. The first kappa shape index (κ1) is 27.2. The molecule has 6 heterocycles. The van der Waals surface area contributed by atoms with E-state index in [4.69, 9.17) is 35.3 Å². The number of amides is 1. The summed E-state index contributed by atoms with van der Waals surface area (Å²) in [5, 5.41) is 1.17. The van der Waals surface area contributed by atoms with Crippen molar-refractivity contribution in [3.05, 3.63) is 23.7 Å². The number of hydrogen-bond acceptors (Lipinski definition) is 9. The maximum absolute atomic E-state index is 12.7. The number of halogens is 1. The molecule has 39 heavy (non-hydrogen) atoms. The second-order valence-corrected chi connectivity index (χ2v) is 12.8. The number of morpholine rings is 1. The summed E-state index contributed by atoms with van der Waals surface area (Å²) in [6.07, 6.45) is 3.53. The fourth-order valence-corrected chi connectivity index (χ4v) is 6.53. The van der Waals surface area contributed by atoms with Gasteiger partial charge in [0.15, 0.2) is 12.0 Å². The van der Waals surface area contributed by atoms with Crippen molar-refractivity contribution in [2.24, 2.45) is 0 Å². The van der Waals surface area contributed by atoms with Gasteiger partial charge in [0, 0.05) is 37.9 Å². The molecule has 4 fully saturated rings. The molecule has 4 aliphatic heterocycles. The zero-order valence-corrected chi connectivity index (χ0v) is 24.0. The smallest absolute Gasteiger partial charge is 0.410 e. The Labute approximate surface area is 233 Å². The third kappa shape index (κ3) is 5.13. The van der Waals surface area contributed by atoms with Crippen LogP contribution in [0.2, 0.25) is 5.15 Å². The number of carbonyl (C=O) groups is 1. The normalized spacial score (nSPS) is 30.7. The van der Waals surface area contributed by atoms with E-state index in [1.165, 1.54) is 6.33 Å². The van der Waals surface area contributed by atoms with Crippen molar-refractivity contribution < 1.29 is 28.5 Å². The van der Waals surface area contributed by atoms with Crippen molar-refractivity contribution >= 4 is 28.7 Å². The average molecular weight is 564 g/mol.